The van der Waals surface area contributed by atoms with Gasteiger partial charge in [0, 0.05) is 0 Å². The Morgan fingerprint density at radius 2 is 2.12 bits per heavy atom. The van der Waals surface area contributed by atoms with Gasteiger partial charge in [0.05, 0.1) is 5.76 Å². The predicted molar refractivity (Wildman–Crippen MR) is 32.1 cm³/mol. The minimum Gasteiger partial charge on any atom is -0.465 e. The topological polar surface area (TPSA) is 29.5 Å². The molecule has 1 N–H and O–H groups in total. The lowest BCUT2D eigenvalue weighted by molar-refractivity contribution is 0.219. The average molecular weight is 114 g/mol. The second-order valence-electron chi connectivity index (χ2n) is 1.50. The van der Waals surface area contributed by atoms with Crippen LogP contribution in [0, 0.1) is 0 Å². The fourth-order valence-electron chi connectivity index (χ4n) is 0.279. The van der Waals surface area contributed by atoms with Crippen LogP contribution in [0.2, 0.25) is 0 Å². The molecule has 0 radical (unpaired) electrons. The molecular formula is C6H10O2. The van der Waals surface area contributed by atoms with Gasteiger partial charge < -0.3 is 9.84 Å². The van der Waals surface area contributed by atoms with Gasteiger partial charge in [-0.3, -0.25) is 0 Å². The van der Waals surface area contributed by atoms with E-state index in [9.17, 15) is 0 Å². The quantitative estimate of drug-likeness (QED) is 0.555. The summed E-state index contributed by atoms with van der Waals surface area (Å²) in [5.41, 5.74) is 0. The zero-order chi connectivity index (χ0) is 6.57. The Morgan fingerprint density at radius 3 is 2.25 bits per heavy atom. The molecule has 46 valence electrons. The average Bonchev–Trinajstić information content (AvgIpc) is 1.65. The normalized spacial score (nSPS) is 8.25. The number of hydrogen-bond donors (Lipinski definition) is 1. The molecule has 0 aliphatic heterocycles. The molecule has 0 spiro atoms. The van der Waals surface area contributed by atoms with Crippen molar-refractivity contribution < 1.29 is 9.84 Å². The van der Waals surface area contributed by atoms with Crippen molar-refractivity contribution in [3.63, 3.8) is 0 Å². The van der Waals surface area contributed by atoms with Crippen LogP contribution < -0.4 is 0 Å². The van der Waals surface area contributed by atoms with Crippen molar-refractivity contribution in [1.82, 2.24) is 0 Å². The third kappa shape index (κ3) is 3.43. The molecule has 0 fully saturated rings. The highest BCUT2D eigenvalue weighted by atomic mass is 16.5. The Hall–Kier alpha value is -0.760. The largest absolute Gasteiger partial charge is 0.465 e. The number of aliphatic hydroxyl groups is 1. The van der Waals surface area contributed by atoms with Crippen molar-refractivity contribution in [2.45, 2.75) is 6.92 Å². The van der Waals surface area contributed by atoms with Crippen LogP contribution in [0.5, 0.6) is 0 Å². The summed E-state index contributed by atoms with van der Waals surface area (Å²) in [6.45, 7) is 8.38. The molecule has 0 aromatic heterocycles. The van der Waals surface area contributed by atoms with Crippen LogP contribution in [0.15, 0.2) is 24.7 Å². The maximum absolute atomic E-state index is 8.32. The van der Waals surface area contributed by atoms with Gasteiger partial charge >= 0.3 is 0 Å². The maximum atomic E-state index is 8.32. The molecule has 8 heavy (non-hydrogen) atoms. The minimum absolute atomic E-state index is 0.146. The molecular weight excluding hydrogens is 104 g/mol. The first-order chi connectivity index (χ1) is 3.66. The van der Waals surface area contributed by atoms with E-state index >= 15 is 0 Å². The number of rotatable bonds is 3. The highest BCUT2D eigenvalue weighted by Crippen LogP contribution is 1.98. The SMILES string of the molecule is C=C(C)OC(=C)CO. The van der Waals surface area contributed by atoms with Gasteiger partial charge in [-0.2, -0.15) is 0 Å². The Morgan fingerprint density at radius 1 is 1.62 bits per heavy atom. The first-order valence-corrected chi connectivity index (χ1v) is 2.29. The molecule has 0 atom stereocenters. The van der Waals surface area contributed by atoms with Gasteiger partial charge in [-0.05, 0) is 6.92 Å². The third-order valence-electron chi connectivity index (χ3n) is 0.495. The van der Waals surface area contributed by atoms with Crippen molar-refractivity contribution in [3.05, 3.63) is 24.7 Å². The van der Waals surface area contributed by atoms with E-state index < -0.39 is 0 Å². The molecule has 0 aromatic rings. The lowest BCUT2D eigenvalue weighted by Gasteiger charge is -2.02. The second kappa shape index (κ2) is 3.27. The monoisotopic (exact) mass is 114 g/mol. The van der Waals surface area contributed by atoms with E-state index in [0.29, 0.717) is 11.5 Å². The molecule has 0 saturated carbocycles. The first kappa shape index (κ1) is 7.24. The van der Waals surface area contributed by atoms with Crippen molar-refractivity contribution >= 4 is 0 Å². The Kier molecular flexibility index (Phi) is 2.96. The van der Waals surface area contributed by atoms with Gasteiger partial charge in [0.15, 0.2) is 0 Å². The van der Waals surface area contributed by atoms with Crippen LogP contribution in [-0.2, 0) is 4.74 Å². The number of ether oxygens (including phenoxy) is 1. The zero-order valence-electron chi connectivity index (χ0n) is 4.98. The van der Waals surface area contributed by atoms with Gasteiger partial charge in [-0.25, -0.2) is 0 Å². The van der Waals surface area contributed by atoms with Crippen LogP contribution in [0.3, 0.4) is 0 Å². The van der Waals surface area contributed by atoms with Crippen LogP contribution in [-0.4, -0.2) is 11.7 Å². The summed E-state index contributed by atoms with van der Waals surface area (Å²) >= 11 is 0. The van der Waals surface area contributed by atoms with Gasteiger partial charge in [-0.15, -0.1) is 0 Å². The first-order valence-electron chi connectivity index (χ1n) is 2.29. The fraction of sp³-hybridized carbons (Fsp3) is 0.333. The summed E-state index contributed by atoms with van der Waals surface area (Å²) in [5.74, 6) is 0.876. The number of aliphatic hydroxyl groups excluding tert-OH is 1. The molecule has 0 aliphatic rings. The smallest absolute Gasteiger partial charge is 0.122 e. The lowest BCUT2D eigenvalue weighted by atomic mass is 10.6. The fourth-order valence-corrected chi connectivity index (χ4v) is 0.279. The summed E-state index contributed by atoms with van der Waals surface area (Å²) in [7, 11) is 0. The number of hydrogen-bond acceptors (Lipinski definition) is 2. The molecule has 2 heteroatoms. The molecule has 0 aliphatic carbocycles. The molecule has 0 unspecified atom stereocenters. The third-order valence-corrected chi connectivity index (χ3v) is 0.495. The van der Waals surface area contributed by atoms with Crippen molar-refractivity contribution in [1.29, 1.82) is 0 Å². The van der Waals surface area contributed by atoms with E-state index in [2.05, 4.69) is 13.2 Å². The van der Waals surface area contributed by atoms with E-state index in [4.69, 9.17) is 9.84 Å². The second-order valence-corrected chi connectivity index (χ2v) is 1.50. The summed E-state index contributed by atoms with van der Waals surface area (Å²) in [5, 5.41) is 8.32. The van der Waals surface area contributed by atoms with Gasteiger partial charge in [0.2, 0.25) is 0 Å². The maximum Gasteiger partial charge on any atom is 0.122 e. The Bertz CT molecular complexity index is 105. The molecule has 2 nitrogen and oxygen atoms in total. The molecule has 0 aromatic carbocycles. The lowest BCUT2D eigenvalue weighted by Crippen LogP contribution is -1.91. The highest BCUT2D eigenvalue weighted by Gasteiger charge is 1.88. The van der Waals surface area contributed by atoms with E-state index in [-0.39, 0.29) is 6.61 Å². The highest BCUT2D eigenvalue weighted by molar-refractivity contribution is 4.89. The van der Waals surface area contributed by atoms with Crippen LogP contribution in [0.1, 0.15) is 6.92 Å². The van der Waals surface area contributed by atoms with Crippen molar-refractivity contribution in [2.75, 3.05) is 6.61 Å². The standard InChI is InChI=1S/C6H10O2/c1-5(2)8-6(3)4-7/h7H,1,3-4H2,2H3. The number of allylic oxidation sites excluding steroid dienone is 1. The molecule has 0 heterocycles. The Labute approximate surface area is 49.1 Å². The summed E-state index contributed by atoms with van der Waals surface area (Å²) in [6, 6.07) is 0. The van der Waals surface area contributed by atoms with Gasteiger partial charge in [-0.1, -0.05) is 13.2 Å². The molecule has 0 saturated heterocycles. The molecule has 0 amide bonds. The van der Waals surface area contributed by atoms with Crippen molar-refractivity contribution in [2.24, 2.45) is 0 Å². The van der Waals surface area contributed by atoms with Gasteiger partial charge in [0.25, 0.3) is 0 Å². The van der Waals surface area contributed by atoms with Crippen LogP contribution in [0.4, 0.5) is 0 Å². The van der Waals surface area contributed by atoms with E-state index in [1.54, 1.807) is 6.92 Å². The Balaban J connectivity index is 3.40. The molecule has 0 bridgehead atoms. The van der Waals surface area contributed by atoms with Crippen LogP contribution in [0.25, 0.3) is 0 Å². The summed E-state index contributed by atoms with van der Waals surface area (Å²) in [6.07, 6.45) is 0. The minimum atomic E-state index is -0.146. The zero-order valence-corrected chi connectivity index (χ0v) is 4.98. The molecule has 0 rings (SSSR count). The van der Waals surface area contributed by atoms with E-state index in [0.717, 1.165) is 0 Å². The van der Waals surface area contributed by atoms with Gasteiger partial charge in [0.1, 0.15) is 12.4 Å². The summed E-state index contributed by atoms with van der Waals surface area (Å²) < 4.78 is 4.76. The van der Waals surface area contributed by atoms with E-state index in [1.165, 1.54) is 0 Å². The van der Waals surface area contributed by atoms with Crippen LogP contribution >= 0.6 is 0 Å². The van der Waals surface area contributed by atoms with E-state index in [1.807, 2.05) is 0 Å². The van der Waals surface area contributed by atoms with Crippen molar-refractivity contribution in [3.8, 4) is 0 Å². The summed E-state index contributed by atoms with van der Waals surface area (Å²) in [4.78, 5) is 0. The predicted octanol–water partition coefficient (Wildman–Crippen LogP) is 1.04.